The van der Waals surface area contributed by atoms with Crippen molar-refractivity contribution in [1.29, 1.82) is 0 Å². The molecule has 0 saturated carbocycles. The molecule has 6 heteroatoms. The van der Waals surface area contributed by atoms with Crippen molar-refractivity contribution in [1.82, 2.24) is 0 Å². The number of hydrogen-bond acceptors (Lipinski definition) is 6. The molecule has 0 bridgehead atoms. The third-order valence-electron chi connectivity index (χ3n) is 16.2. The minimum atomic E-state index is -0.786. The Hall–Kier alpha value is -3.15. The van der Waals surface area contributed by atoms with Crippen molar-refractivity contribution < 1.29 is 28.6 Å². The molecule has 1 unspecified atom stereocenters. The number of ether oxygens (including phenoxy) is 3. The van der Waals surface area contributed by atoms with Crippen LogP contribution in [0.25, 0.3) is 0 Å². The van der Waals surface area contributed by atoms with Crippen LogP contribution in [-0.4, -0.2) is 37.2 Å². The smallest absolute Gasteiger partial charge is 0.306 e. The number of unbranched alkanes of at least 4 members (excludes halogenated alkanes) is 44. The second-order valence-electron chi connectivity index (χ2n) is 24.5. The van der Waals surface area contributed by atoms with Crippen LogP contribution in [0, 0.1) is 0 Å². The van der Waals surface area contributed by atoms with Crippen LogP contribution in [0.5, 0.6) is 0 Å². The summed E-state index contributed by atoms with van der Waals surface area (Å²) in [6.07, 6.45) is 93.7. The lowest BCUT2D eigenvalue weighted by atomic mass is 10.0. The normalized spacial score (nSPS) is 12.5. The standard InChI is InChI=1S/C77H138O6/c1-4-7-10-13-16-19-22-25-28-30-32-33-34-35-36-37-38-39-40-41-42-43-44-45-46-48-49-52-55-58-61-64-67-70-76(79)82-73-74(72-81-75(78)69-66-63-60-57-54-51-27-24-21-18-15-12-9-6-3)83-77(80)71-68-65-62-59-56-53-50-47-31-29-26-23-20-17-14-11-8-5-2/h15,18,20,22-25,27,29-32,74H,4-14,16-17,19,21,26,28,33-73H2,1-3H3/b18-15-,23-20-,25-22-,27-24-,31-29-,32-30-. The number of carbonyl (C=O) groups excluding carboxylic acids is 3. The van der Waals surface area contributed by atoms with E-state index in [1.54, 1.807) is 0 Å². The van der Waals surface area contributed by atoms with Crippen molar-refractivity contribution in [3.63, 3.8) is 0 Å². The van der Waals surface area contributed by atoms with Gasteiger partial charge in [0.1, 0.15) is 13.2 Å². The lowest BCUT2D eigenvalue weighted by Crippen LogP contribution is -2.30. The van der Waals surface area contributed by atoms with Gasteiger partial charge in [-0.25, -0.2) is 0 Å². The Morgan fingerprint density at radius 1 is 0.241 bits per heavy atom. The molecule has 0 aromatic heterocycles. The molecule has 0 rings (SSSR count). The Labute approximate surface area is 516 Å². The van der Waals surface area contributed by atoms with Gasteiger partial charge in [-0.15, -0.1) is 0 Å². The molecule has 1 atom stereocenters. The third kappa shape index (κ3) is 69.5. The van der Waals surface area contributed by atoms with Gasteiger partial charge in [-0.05, 0) is 109 Å². The molecule has 0 saturated heterocycles. The highest BCUT2D eigenvalue weighted by molar-refractivity contribution is 5.71. The van der Waals surface area contributed by atoms with Crippen LogP contribution < -0.4 is 0 Å². The first-order valence-electron chi connectivity index (χ1n) is 36.4. The summed E-state index contributed by atoms with van der Waals surface area (Å²) in [7, 11) is 0. The highest BCUT2D eigenvalue weighted by Gasteiger charge is 2.19. The van der Waals surface area contributed by atoms with Crippen LogP contribution in [0.1, 0.15) is 380 Å². The summed E-state index contributed by atoms with van der Waals surface area (Å²) in [5.41, 5.74) is 0. The van der Waals surface area contributed by atoms with Gasteiger partial charge in [0.2, 0.25) is 0 Å². The second-order valence-corrected chi connectivity index (χ2v) is 24.5. The largest absolute Gasteiger partial charge is 0.462 e. The summed E-state index contributed by atoms with van der Waals surface area (Å²) >= 11 is 0. The molecule has 0 heterocycles. The van der Waals surface area contributed by atoms with Crippen LogP contribution in [0.2, 0.25) is 0 Å². The van der Waals surface area contributed by atoms with E-state index in [1.807, 2.05) is 0 Å². The Morgan fingerprint density at radius 3 is 0.711 bits per heavy atom. The highest BCUT2D eigenvalue weighted by atomic mass is 16.6. The predicted octanol–water partition coefficient (Wildman–Crippen LogP) is 25.2. The molecule has 482 valence electrons. The molecule has 0 N–H and O–H groups in total. The monoisotopic (exact) mass is 1160 g/mol. The minimum absolute atomic E-state index is 0.0797. The Bertz CT molecular complexity index is 1520. The van der Waals surface area contributed by atoms with Gasteiger partial charge >= 0.3 is 17.9 Å². The molecule has 6 nitrogen and oxygen atoms in total. The maximum atomic E-state index is 12.9. The molecule has 0 aliphatic rings. The van der Waals surface area contributed by atoms with E-state index in [0.717, 1.165) is 96.3 Å². The van der Waals surface area contributed by atoms with E-state index in [2.05, 4.69) is 93.7 Å². The molecule has 0 radical (unpaired) electrons. The second kappa shape index (κ2) is 71.3. The summed E-state index contributed by atoms with van der Waals surface area (Å²) < 4.78 is 17.0. The van der Waals surface area contributed by atoms with Crippen molar-refractivity contribution >= 4 is 17.9 Å². The fourth-order valence-corrected chi connectivity index (χ4v) is 10.6. The zero-order valence-electron chi connectivity index (χ0n) is 55.5. The first-order chi connectivity index (χ1) is 41.0. The van der Waals surface area contributed by atoms with Gasteiger partial charge in [-0.3, -0.25) is 14.4 Å². The number of hydrogen-bond donors (Lipinski definition) is 0. The van der Waals surface area contributed by atoms with Crippen molar-refractivity contribution in [3.8, 4) is 0 Å². The van der Waals surface area contributed by atoms with Crippen molar-refractivity contribution in [3.05, 3.63) is 72.9 Å². The lowest BCUT2D eigenvalue weighted by Gasteiger charge is -2.18. The zero-order valence-corrected chi connectivity index (χ0v) is 55.5. The van der Waals surface area contributed by atoms with Gasteiger partial charge in [-0.1, -0.05) is 325 Å². The van der Waals surface area contributed by atoms with Gasteiger partial charge in [0.15, 0.2) is 6.10 Å². The van der Waals surface area contributed by atoms with Crippen LogP contribution in [0.15, 0.2) is 72.9 Å². The lowest BCUT2D eigenvalue weighted by molar-refractivity contribution is -0.167. The Kier molecular flexibility index (Phi) is 68.6. The molecule has 0 spiro atoms. The minimum Gasteiger partial charge on any atom is -0.462 e. The maximum Gasteiger partial charge on any atom is 0.306 e. The van der Waals surface area contributed by atoms with Gasteiger partial charge in [0.05, 0.1) is 0 Å². The molecule has 0 aliphatic heterocycles. The molecular formula is C77H138O6. The third-order valence-corrected chi connectivity index (χ3v) is 16.2. The fraction of sp³-hybridized carbons (Fsp3) is 0.805. The van der Waals surface area contributed by atoms with Crippen molar-refractivity contribution in [2.75, 3.05) is 13.2 Å². The Balaban J connectivity index is 4.17. The molecule has 83 heavy (non-hydrogen) atoms. The summed E-state index contributed by atoms with van der Waals surface area (Å²) in [6.45, 7) is 6.60. The van der Waals surface area contributed by atoms with E-state index in [9.17, 15) is 14.4 Å². The molecule has 0 fully saturated rings. The summed E-state index contributed by atoms with van der Waals surface area (Å²) in [5, 5.41) is 0. The molecule has 0 aromatic rings. The number of esters is 3. The van der Waals surface area contributed by atoms with Gasteiger partial charge in [-0.2, -0.15) is 0 Å². The van der Waals surface area contributed by atoms with Crippen molar-refractivity contribution in [2.24, 2.45) is 0 Å². The SMILES string of the molecule is CCCC/C=C\C/C=C\CCCCCCCC(=O)OCC(COC(=O)CCCCCCCCCCCCCCCCCCCCCCC/C=C\C/C=C\CCCCCCC)OC(=O)CCCCCCCCC/C=C\C/C=C\CCCCCC. The first-order valence-corrected chi connectivity index (χ1v) is 36.4. The fourth-order valence-electron chi connectivity index (χ4n) is 10.6. The molecule has 0 aliphatic carbocycles. The average molecular weight is 1160 g/mol. The maximum absolute atomic E-state index is 12.9. The van der Waals surface area contributed by atoms with E-state index in [0.29, 0.717) is 19.3 Å². The average Bonchev–Trinajstić information content (AvgIpc) is 3.50. The van der Waals surface area contributed by atoms with Crippen LogP contribution in [0.3, 0.4) is 0 Å². The van der Waals surface area contributed by atoms with E-state index >= 15 is 0 Å². The van der Waals surface area contributed by atoms with E-state index in [-0.39, 0.29) is 31.1 Å². The van der Waals surface area contributed by atoms with Crippen LogP contribution >= 0.6 is 0 Å². The van der Waals surface area contributed by atoms with Gasteiger partial charge in [0, 0.05) is 19.3 Å². The summed E-state index contributed by atoms with van der Waals surface area (Å²) in [4.78, 5) is 38.4. The quantitative estimate of drug-likeness (QED) is 0.0261. The topological polar surface area (TPSA) is 78.9 Å². The summed E-state index contributed by atoms with van der Waals surface area (Å²) in [5.74, 6) is -0.882. The molecular weight excluding hydrogens is 1020 g/mol. The summed E-state index contributed by atoms with van der Waals surface area (Å²) in [6, 6.07) is 0. The predicted molar refractivity (Wildman–Crippen MR) is 362 cm³/mol. The zero-order chi connectivity index (χ0) is 59.9. The first kappa shape index (κ1) is 79.8. The number of carbonyl (C=O) groups is 3. The van der Waals surface area contributed by atoms with Gasteiger partial charge < -0.3 is 14.2 Å². The van der Waals surface area contributed by atoms with Crippen molar-refractivity contribution in [2.45, 2.75) is 386 Å². The van der Waals surface area contributed by atoms with E-state index < -0.39 is 6.10 Å². The van der Waals surface area contributed by atoms with E-state index in [1.165, 1.54) is 244 Å². The molecule has 0 aromatic carbocycles. The number of rotatable bonds is 67. The van der Waals surface area contributed by atoms with Gasteiger partial charge in [0.25, 0.3) is 0 Å². The van der Waals surface area contributed by atoms with E-state index in [4.69, 9.17) is 14.2 Å². The van der Waals surface area contributed by atoms with Crippen LogP contribution in [-0.2, 0) is 28.6 Å². The van der Waals surface area contributed by atoms with Crippen LogP contribution in [0.4, 0.5) is 0 Å². The molecule has 0 amide bonds. The highest BCUT2D eigenvalue weighted by Crippen LogP contribution is 2.18. The number of allylic oxidation sites excluding steroid dienone is 12. The Morgan fingerprint density at radius 2 is 0.446 bits per heavy atom.